The van der Waals surface area contributed by atoms with Crippen LogP contribution in [0.1, 0.15) is 101 Å². The lowest BCUT2D eigenvalue weighted by Crippen LogP contribution is -2.15. The fourth-order valence-electron chi connectivity index (χ4n) is 5.79. The summed E-state index contributed by atoms with van der Waals surface area (Å²) < 4.78 is 5.55. The first-order valence-electron chi connectivity index (χ1n) is 12.7. The van der Waals surface area contributed by atoms with E-state index in [4.69, 9.17) is 4.74 Å². The fraction of sp³-hybridized carbons (Fsp3) is 0.655. The third-order valence-electron chi connectivity index (χ3n) is 7.74. The van der Waals surface area contributed by atoms with Crippen LogP contribution in [0, 0.1) is 17.8 Å². The van der Waals surface area contributed by atoms with Crippen LogP contribution >= 0.6 is 0 Å². The van der Waals surface area contributed by atoms with Crippen LogP contribution in [0.25, 0.3) is 0 Å². The maximum atomic E-state index is 5.55. The second-order valence-corrected chi connectivity index (χ2v) is 9.96. The fourth-order valence-corrected chi connectivity index (χ4v) is 5.79. The molecular weight excluding hydrogens is 364 g/mol. The zero-order valence-corrected chi connectivity index (χ0v) is 19.2. The van der Waals surface area contributed by atoms with Crippen LogP contribution in [0.5, 0.6) is 0 Å². The van der Waals surface area contributed by atoms with Crippen molar-refractivity contribution < 1.29 is 4.74 Å². The first kappa shape index (κ1) is 23.3. The Kier molecular flexibility index (Phi) is 10.2. The Labute approximate surface area is 186 Å². The summed E-state index contributed by atoms with van der Waals surface area (Å²) in [5.41, 5.74) is 2.80. The minimum Gasteiger partial charge on any atom is -0.373 e. The normalized spacial score (nSPS) is 26.9. The van der Waals surface area contributed by atoms with E-state index in [2.05, 4.69) is 43.5 Å². The Morgan fingerprint density at radius 1 is 0.733 bits per heavy atom. The summed E-state index contributed by atoms with van der Waals surface area (Å²) in [6.45, 7) is 8.92. The van der Waals surface area contributed by atoms with Gasteiger partial charge in [0.15, 0.2) is 0 Å². The molecule has 1 aromatic rings. The van der Waals surface area contributed by atoms with Crippen LogP contribution in [0.2, 0.25) is 0 Å². The monoisotopic (exact) mass is 408 g/mol. The highest BCUT2D eigenvalue weighted by Gasteiger charge is 2.23. The largest absolute Gasteiger partial charge is 0.373 e. The van der Waals surface area contributed by atoms with Gasteiger partial charge in [-0.1, -0.05) is 74.9 Å². The lowest BCUT2D eigenvalue weighted by molar-refractivity contribution is 0.149. The van der Waals surface area contributed by atoms with Crippen molar-refractivity contribution in [3.63, 3.8) is 0 Å². The summed E-state index contributed by atoms with van der Waals surface area (Å²) in [5, 5.41) is 0. The van der Waals surface area contributed by atoms with Gasteiger partial charge < -0.3 is 4.74 Å². The van der Waals surface area contributed by atoms with Crippen molar-refractivity contribution in [3.05, 3.63) is 60.7 Å². The zero-order chi connectivity index (χ0) is 21.0. The van der Waals surface area contributed by atoms with Gasteiger partial charge in [-0.25, -0.2) is 0 Å². The Hall–Kier alpha value is -1.34. The average molecular weight is 409 g/mol. The van der Waals surface area contributed by atoms with Crippen molar-refractivity contribution in [3.8, 4) is 0 Å². The Bertz CT molecular complexity index is 600. The van der Waals surface area contributed by atoms with Gasteiger partial charge in [0.2, 0.25) is 0 Å². The van der Waals surface area contributed by atoms with Gasteiger partial charge in [-0.2, -0.15) is 0 Å². The zero-order valence-electron chi connectivity index (χ0n) is 19.2. The topological polar surface area (TPSA) is 9.23 Å². The number of rotatable bonds is 12. The molecule has 0 atom stereocenters. The van der Waals surface area contributed by atoms with Crippen molar-refractivity contribution in [1.82, 2.24) is 0 Å². The lowest BCUT2D eigenvalue weighted by Gasteiger charge is -2.30. The highest BCUT2D eigenvalue weighted by molar-refractivity contribution is 5.25. The molecule has 2 saturated carbocycles. The van der Waals surface area contributed by atoms with E-state index >= 15 is 0 Å². The summed E-state index contributed by atoms with van der Waals surface area (Å²) in [5.74, 6) is 3.72. The van der Waals surface area contributed by atoms with E-state index in [9.17, 15) is 0 Å². The summed E-state index contributed by atoms with van der Waals surface area (Å²) in [4.78, 5) is 0. The van der Waals surface area contributed by atoms with E-state index < -0.39 is 0 Å². The van der Waals surface area contributed by atoms with Crippen LogP contribution < -0.4 is 0 Å². The van der Waals surface area contributed by atoms with E-state index in [1.54, 1.807) is 0 Å². The van der Waals surface area contributed by atoms with E-state index in [1.807, 2.05) is 6.08 Å². The second kappa shape index (κ2) is 13.2. The number of hydrogen-bond acceptors (Lipinski definition) is 1. The SMILES string of the molecule is C=CCOCc1ccc(C2CCC(CCCCC3CCC(CC=C)CC3)CC2)cc1. The van der Waals surface area contributed by atoms with Crippen LogP contribution in [-0.2, 0) is 11.3 Å². The predicted molar refractivity (Wildman–Crippen MR) is 130 cm³/mol. The van der Waals surface area contributed by atoms with Crippen LogP contribution in [0.3, 0.4) is 0 Å². The first-order chi connectivity index (χ1) is 14.8. The van der Waals surface area contributed by atoms with Crippen LogP contribution in [0.4, 0.5) is 0 Å². The minimum absolute atomic E-state index is 0.628. The Morgan fingerprint density at radius 3 is 1.87 bits per heavy atom. The lowest BCUT2D eigenvalue weighted by atomic mass is 9.76. The van der Waals surface area contributed by atoms with Crippen molar-refractivity contribution in [2.45, 2.75) is 96.0 Å². The summed E-state index contributed by atoms with van der Waals surface area (Å²) in [6.07, 6.45) is 22.5. The predicted octanol–water partition coefficient (Wildman–Crippen LogP) is 8.61. The van der Waals surface area contributed by atoms with E-state index in [-0.39, 0.29) is 0 Å². The first-order valence-corrected chi connectivity index (χ1v) is 12.7. The van der Waals surface area contributed by atoms with Gasteiger partial charge in [0, 0.05) is 0 Å². The molecule has 1 heteroatoms. The Morgan fingerprint density at radius 2 is 1.30 bits per heavy atom. The average Bonchev–Trinajstić information content (AvgIpc) is 2.79. The smallest absolute Gasteiger partial charge is 0.0721 e. The van der Waals surface area contributed by atoms with Crippen molar-refractivity contribution >= 4 is 0 Å². The molecule has 0 unspecified atom stereocenters. The van der Waals surface area contributed by atoms with Gasteiger partial charge in [0.05, 0.1) is 13.2 Å². The third-order valence-corrected chi connectivity index (χ3v) is 7.74. The maximum Gasteiger partial charge on any atom is 0.0721 e. The molecule has 0 saturated heterocycles. The molecule has 1 aromatic carbocycles. The maximum absolute atomic E-state index is 5.55. The number of allylic oxidation sites excluding steroid dienone is 1. The van der Waals surface area contributed by atoms with Gasteiger partial charge in [-0.05, 0) is 79.7 Å². The molecule has 3 rings (SSSR count). The van der Waals surface area contributed by atoms with Crippen LogP contribution in [-0.4, -0.2) is 6.61 Å². The molecule has 2 fully saturated rings. The standard InChI is InChI=1S/C29H44O/c1-3-7-24-10-12-25(13-11-24)8-5-6-9-26-14-18-28(19-15-26)29-20-16-27(17-21-29)23-30-22-4-2/h3-4,16-17,20-21,24-26,28H,1-2,5-15,18-19,22-23H2. The molecule has 0 spiro atoms. The number of benzene rings is 1. The quantitative estimate of drug-likeness (QED) is 0.248. The van der Waals surface area contributed by atoms with Crippen molar-refractivity contribution in [2.24, 2.45) is 17.8 Å². The molecule has 0 aliphatic heterocycles. The highest BCUT2D eigenvalue weighted by atomic mass is 16.5. The molecule has 0 radical (unpaired) electrons. The van der Waals surface area contributed by atoms with Gasteiger partial charge in [0.1, 0.15) is 0 Å². The number of hydrogen-bond donors (Lipinski definition) is 0. The van der Waals surface area contributed by atoms with Gasteiger partial charge >= 0.3 is 0 Å². The molecule has 166 valence electrons. The molecule has 30 heavy (non-hydrogen) atoms. The molecule has 1 nitrogen and oxygen atoms in total. The molecule has 2 aliphatic carbocycles. The number of unbranched alkanes of at least 4 members (excludes halogenated alkanes) is 1. The number of ether oxygens (including phenoxy) is 1. The molecule has 2 aliphatic rings. The molecule has 0 amide bonds. The van der Waals surface area contributed by atoms with E-state index in [0.717, 1.165) is 23.7 Å². The van der Waals surface area contributed by atoms with Crippen LogP contribution in [0.15, 0.2) is 49.6 Å². The summed E-state index contributed by atoms with van der Waals surface area (Å²) in [6, 6.07) is 9.16. The summed E-state index contributed by atoms with van der Waals surface area (Å²) in [7, 11) is 0. The molecule has 0 bridgehead atoms. The van der Waals surface area contributed by atoms with E-state index in [0.29, 0.717) is 13.2 Å². The molecule has 0 aromatic heterocycles. The Balaban J connectivity index is 1.27. The molecule has 0 heterocycles. The van der Waals surface area contributed by atoms with Gasteiger partial charge in [-0.3, -0.25) is 0 Å². The summed E-state index contributed by atoms with van der Waals surface area (Å²) >= 11 is 0. The van der Waals surface area contributed by atoms with Gasteiger partial charge in [0.25, 0.3) is 0 Å². The third kappa shape index (κ3) is 7.73. The van der Waals surface area contributed by atoms with Gasteiger partial charge in [-0.15, -0.1) is 13.2 Å². The minimum atomic E-state index is 0.628. The second-order valence-electron chi connectivity index (χ2n) is 9.96. The van der Waals surface area contributed by atoms with Crippen molar-refractivity contribution in [1.29, 1.82) is 0 Å². The van der Waals surface area contributed by atoms with E-state index in [1.165, 1.54) is 94.6 Å². The highest BCUT2D eigenvalue weighted by Crippen LogP contribution is 2.38. The molecular formula is C29H44O. The molecule has 0 N–H and O–H groups in total. The van der Waals surface area contributed by atoms with Crippen molar-refractivity contribution in [2.75, 3.05) is 6.61 Å².